The van der Waals surface area contributed by atoms with Crippen LogP contribution in [0, 0.1) is 0 Å². The molecule has 0 aromatic carbocycles. The molecule has 2 heterocycles. The highest BCUT2D eigenvalue weighted by molar-refractivity contribution is 5.39. The molecule has 66 valence electrons. The second kappa shape index (κ2) is 2.75. The molecule has 0 radical (unpaired) electrons. The van der Waals surface area contributed by atoms with E-state index in [1.165, 1.54) is 0 Å². The van der Waals surface area contributed by atoms with Gasteiger partial charge in [-0.05, 0) is 6.92 Å². The average molecular weight is 168 g/mol. The van der Waals surface area contributed by atoms with Crippen LogP contribution >= 0.6 is 0 Å². The quantitative estimate of drug-likeness (QED) is 0.645. The zero-order chi connectivity index (χ0) is 8.55. The summed E-state index contributed by atoms with van der Waals surface area (Å²) in [5.41, 5.74) is 0. The van der Waals surface area contributed by atoms with E-state index in [9.17, 15) is 0 Å². The van der Waals surface area contributed by atoms with Gasteiger partial charge in [0.15, 0.2) is 0 Å². The standard InChI is InChI=1S/C7H12N4O/c1-2-11-7(3-8-9-11)10-4-6(12)5-10/h3,6,12H,2,4-5H2,1H3. The number of nitrogens with zero attached hydrogens (tertiary/aromatic N) is 4. The van der Waals surface area contributed by atoms with Crippen molar-refractivity contribution in [2.75, 3.05) is 18.0 Å². The summed E-state index contributed by atoms with van der Waals surface area (Å²) in [7, 11) is 0. The van der Waals surface area contributed by atoms with Crippen LogP contribution in [0.25, 0.3) is 0 Å². The van der Waals surface area contributed by atoms with E-state index in [0.29, 0.717) is 13.1 Å². The van der Waals surface area contributed by atoms with Gasteiger partial charge in [0.25, 0.3) is 0 Å². The van der Waals surface area contributed by atoms with Crippen LogP contribution in [0.2, 0.25) is 0 Å². The van der Waals surface area contributed by atoms with Crippen molar-refractivity contribution in [3.8, 4) is 0 Å². The summed E-state index contributed by atoms with van der Waals surface area (Å²) in [6.45, 7) is 4.25. The predicted octanol–water partition coefficient (Wildman–Crippen LogP) is -0.521. The van der Waals surface area contributed by atoms with Crippen molar-refractivity contribution in [3.05, 3.63) is 6.20 Å². The molecule has 0 unspecified atom stereocenters. The first-order valence-corrected chi connectivity index (χ1v) is 4.12. The molecule has 2 rings (SSSR count). The molecule has 5 nitrogen and oxygen atoms in total. The molecule has 5 heteroatoms. The van der Waals surface area contributed by atoms with Crippen molar-refractivity contribution < 1.29 is 5.11 Å². The summed E-state index contributed by atoms with van der Waals surface area (Å²) in [4.78, 5) is 2.06. The number of rotatable bonds is 2. The van der Waals surface area contributed by atoms with Crippen LogP contribution in [-0.2, 0) is 6.54 Å². The van der Waals surface area contributed by atoms with Gasteiger partial charge < -0.3 is 10.0 Å². The third-order valence-electron chi connectivity index (χ3n) is 2.08. The largest absolute Gasteiger partial charge is 0.389 e. The molecule has 0 atom stereocenters. The van der Waals surface area contributed by atoms with Gasteiger partial charge in [0, 0.05) is 19.6 Å². The average Bonchev–Trinajstić information content (AvgIpc) is 2.45. The number of hydrogen-bond donors (Lipinski definition) is 1. The predicted molar refractivity (Wildman–Crippen MR) is 43.9 cm³/mol. The molecule has 0 amide bonds. The summed E-state index contributed by atoms with van der Waals surface area (Å²) in [5, 5.41) is 16.8. The topological polar surface area (TPSA) is 54.2 Å². The molecule has 1 saturated heterocycles. The first kappa shape index (κ1) is 7.54. The molecule has 0 aliphatic carbocycles. The summed E-state index contributed by atoms with van der Waals surface area (Å²) in [5.74, 6) is 1.00. The lowest BCUT2D eigenvalue weighted by atomic mass is 10.2. The zero-order valence-electron chi connectivity index (χ0n) is 7.01. The van der Waals surface area contributed by atoms with Gasteiger partial charge in [-0.2, -0.15) is 0 Å². The number of aliphatic hydroxyl groups is 1. The van der Waals surface area contributed by atoms with Gasteiger partial charge in [-0.1, -0.05) is 5.21 Å². The third-order valence-corrected chi connectivity index (χ3v) is 2.08. The Morgan fingerprint density at radius 2 is 2.42 bits per heavy atom. The van der Waals surface area contributed by atoms with E-state index >= 15 is 0 Å². The number of aromatic nitrogens is 3. The summed E-state index contributed by atoms with van der Waals surface area (Å²) < 4.78 is 1.83. The van der Waals surface area contributed by atoms with E-state index in [1.54, 1.807) is 6.20 Å². The highest BCUT2D eigenvalue weighted by atomic mass is 16.3. The molecular weight excluding hydrogens is 156 g/mol. The van der Waals surface area contributed by atoms with E-state index in [-0.39, 0.29) is 6.10 Å². The van der Waals surface area contributed by atoms with E-state index < -0.39 is 0 Å². The van der Waals surface area contributed by atoms with Crippen molar-refractivity contribution in [3.63, 3.8) is 0 Å². The van der Waals surface area contributed by atoms with Crippen LogP contribution in [0.15, 0.2) is 6.20 Å². The Kier molecular flexibility index (Phi) is 1.73. The Morgan fingerprint density at radius 1 is 1.67 bits per heavy atom. The van der Waals surface area contributed by atoms with Crippen LogP contribution < -0.4 is 4.90 Å². The van der Waals surface area contributed by atoms with Crippen LogP contribution in [-0.4, -0.2) is 39.3 Å². The van der Waals surface area contributed by atoms with Gasteiger partial charge in [-0.15, -0.1) is 5.10 Å². The van der Waals surface area contributed by atoms with Crippen molar-refractivity contribution >= 4 is 5.82 Å². The lowest BCUT2D eigenvalue weighted by Crippen LogP contribution is -2.51. The highest BCUT2D eigenvalue weighted by Gasteiger charge is 2.26. The Morgan fingerprint density at radius 3 is 3.00 bits per heavy atom. The van der Waals surface area contributed by atoms with Gasteiger partial charge in [-0.25, -0.2) is 4.68 Å². The monoisotopic (exact) mass is 168 g/mol. The van der Waals surface area contributed by atoms with Crippen LogP contribution in [0.3, 0.4) is 0 Å². The van der Waals surface area contributed by atoms with Crippen LogP contribution in [0.4, 0.5) is 5.82 Å². The molecule has 0 bridgehead atoms. The van der Waals surface area contributed by atoms with E-state index in [0.717, 1.165) is 12.4 Å². The Labute approximate surface area is 70.6 Å². The summed E-state index contributed by atoms with van der Waals surface area (Å²) >= 11 is 0. The molecule has 0 spiro atoms. The van der Waals surface area contributed by atoms with Crippen molar-refractivity contribution in [1.29, 1.82) is 0 Å². The fourth-order valence-corrected chi connectivity index (χ4v) is 1.36. The molecule has 1 aliphatic heterocycles. The lowest BCUT2D eigenvalue weighted by molar-refractivity contribution is 0.140. The minimum absolute atomic E-state index is 0.176. The Bertz CT molecular complexity index is 266. The fraction of sp³-hybridized carbons (Fsp3) is 0.714. The van der Waals surface area contributed by atoms with E-state index in [4.69, 9.17) is 5.11 Å². The minimum atomic E-state index is -0.176. The molecule has 0 saturated carbocycles. The molecule has 12 heavy (non-hydrogen) atoms. The maximum atomic E-state index is 9.09. The van der Waals surface area contributed by atoms with E-state index in [1.807, 2.05) is 11.6 Å². The number of anilines is 1. The first-order chi connectivity index (χ1) is 5.81. The van der Waals surface area contributed by atoms with Gasteiger partial charge in [0.1, 0.15) is 5.82 Å². The number of hydrogen-bond acceptors (Lipinski definition) is 4. The number of aliphatic hydroxyl groups excluding tert-OH is 1. The van der Waals surface area contributed by atoms with Crippen LogP contribution in [0.5, 0.6) is 0 Å². The van der Waals surface area contributed by atoms with Crippen molar-refractivity contribution in [1.82, 2.24) is 15.0 Å². The van der Waals surface area contributed by atoms with Crippen LogP contribution in [0.1, 0.15) is 6.92 Å². The summed E-state index contributed by atoms with van der Waals surface area (Å²) in [6.07, 6.45) is 1.56. The second-order valence-corrected chi connectivity index (χ2v) is 2.97. The highest BCUT2D eigenvalue weighted by Crippen LogP contribution is 2.18. The number of β-amino-alcohol motifs (C(OH)–C–C–N with tert-alkyl or cyclic N) is 1. The van der Waals surface area contributed by atoms with Gasteiger partial charge in [0.05, 0.1) is 12.3 Å². The number of aryl methyl sites for hydroxylation is 1. The fourth-order valence-electron chi connectivity index (χ4n) is 1.36. The van der Waals surface area contributed by atoms with Gasteiger partial charge >= 0.3 is 0 Å². The molecular formula is C7H12N4O. The van der Waals surface area contributed by atoms with Gasteiger partial charge in [0.2, 0.25) is 0 Å². The minimum Gasteiger partial charge on any atom is -0.389 e. The Hall–Kier alpha value is -1.10. The van der Waals surface area contributed by atoms with Crippen molar-refractivity contribution in [2.45, 2.75) is 19.6 Å². The van der Waals surface area contributed by atoms with E-state index in [2.05, 4.69) is 15.2 Å². The summed E-state index contributed by atoms with van der Waals surface area (Å²) in [6, 6.07) is 0. The normalized spacial score (nSPS) is 18.0. The second-order valence-electron chi connectivity index (χ2n) is 2.97. The first-order valence-electron chi connectivity index (χ1n) is 4.12. The zero-order valence-corrected chi connectivity index (χ0v) is 7.01. The maximum Gasteiger partial charge on any atom is 0.147 e. The lowest BCUT2D eigenvalue weighted by Gasteiger charge is -2.36. The molecule has 1 aromatic rings. The molecule has 1 fully saturated rings. The third kappa shape index (κ3) is 1.06. The van der Waals surface area contributed by atoms with Gasteiger partial charge in [-0.3, -0.25) is 0 Å². The SMILES string of the molecule is CCn1nncc1N1CC(O)C1. The maximum absolute atomic E-state index is 9.09. The smallest absolute Gasteiger partial charge is 0.147 e. The van der Waals surface area contributed by atoms with Crippen molar-refractivity contribution in [2.24, 2.45) is 0 Å². The molecule has 1 N–H and O–H groups in total. The Balaban J connectivity index is 2.12. The molecule has 1 aliphatic rings. The molecule has 1 aromatic heterocycles.